The number of anilines is 1. The second-order valence-corrected chi connectivity index (χ2v) is 9.69. The fraction of sp³-hybridized carbons (Fsp3) is 0.0833. The standard InChI is InChI=1S/C24H19ClN2O4S/c1-16-6-10-18(11-7-16)26-23(28)15-27-14-22(24(29)20-4-2-3-5-21(20)27)32(30,31)19-12-8-17(25)9-13-19/h2-14H,15H2,1H3,(H,26,28). The molecule has 3 aromatic carbocycles. The van der Waals surface area contributed by atoms with Crippen LogP contribution in [-0.4, -0.2) is 18.9 Å². The van der Waals surface area contributed by atoms with E-state index in [9.17, 15) is 18.0 Å². The van der Waals surface area contributed by atoms with Crippen LogP contribution in [-0.2, 0) is 21.2 Å². The first kappa shape index (κ1) is 21.8. The van der Waals surface area contributed by atoms with Crippen LogP contribution in [0.5, 0.6) is 0 Å². The first-order chi connectivity index (χ1) is 15.3. The molecule has 6 nitrogen and oxygen atoms in total. The van der Waals surface area contributed by atoms with Crippen molar-refractivity contribution in [2.24, 2.45) is 0 Å². The number of carbonyl (C=O) groups is 1. The van der Waals surface area contributed by atoms with Crippen molar-refractivity contribution in [3.8, 4) is 0 Å². The van der Waals surface area contributed by atoms with Gasteiger partial charge in [0.15, 0.2) is 0 Å². The topological polar surface area (TPSA) is 85.2 Å². The van der Waals surface area contributed by atoms with E-state index in [2.05, 4.69) is 5.32 Å². The Morgan fingerprint density at radius 1 is 0.969 bits per heavy atom. The molecule has 0 saturated heterocycles. The van der Waals surface area contributed by atoms with Gasteiger partial charge in [-0.2, -0.15) is 0 Å². The molecular weight excluding hydrogens is 448 g/mol. The summed E-state index contributed by atoms with van der Waals surface area (Å²) < 4.78 is 27.9. The van der Waals surface area contributed by atoms with Crippen molar-refractivity contribution in [3.05, 3.63) is 99.8 Å². The van der Waals surface area contributed by atoms with Crippen molar-refractivity contribution < 1.29 is 13.2 Å². The maximum Gasteiger partial charge on any atom is 0.244 e. The molecule has 0 aliphatic heterocycles. The first-order valence-corrected chi connectivity index (χ1v) is 11.6. The molecule has 162 valence electrons. The lowest BCUT2D eigenvalue weighted by atomic mass is 10.2. The van der Waals surface area contributed by atoms with Crippen LogP contribution in [0, 0.1) is 6.92 Å². The fourth-order valence-corrected chi connectivity index (χ4v) is 4.87. The number of benzene rings is 3. The van der Waals surface area contributed by atoms with E-state index in [0.717, 1.165) is 5.56 Å². The Morgan fingerprint density at radius 3 is 2.31 bits per heavy atom. The van der Waals surface area contributed by atoms with E-state index in [1.165, 1.54) is 35.0 Å². The van der Waals surface area contributed by atoms with E-state index in [-0.39, 0.29) is 22.7 Å². The van der Waals surface area contributed by atoms with Gasteiger partial charge >= 0.3 is 0 Å². The number of aryl methyl sites for hydroxylation is 1. The van der Waals surface area contributed by atoms with E-state index in [1.54, 1.807) is 36.4 Å². The summed E-state index contributed by atoms with van der Waals surface area (Å²) in [5, 5.41) is 3.39. The van der Waals surface area contributed by atoms with Crippen molar-refractivity contribution in [2.75, 3.05) is 5.32 Å². The summed E-state index contributed by atoms with van der Waals surface area (Å²) in [4.78, 5) is 25.3. The molecule has 0 aliphatic rings. The molecular formula is C24H19ClN2O4S. The average molecular weight is 467 g/mol. The number of hydrogen-bond acceptors (Lipinski definition) is 4. The highest BCUT2D eigenvalue weighted by Crippen LogP contribution is 2.23. The van der Waals surface area contributed by atoms with E-state index in [0.29, 0.717) is 16.2 Å². The van der Waals surface area contributed by atoms with Gasteiger partial charge in [0.1, 0.15) is 11.4 Å². The van der Waals surface area contributed by atoms with Gasteiger partial charge in [-0.25, -0.2) is 8.42 Å². The van der Waals surface area contributed by atoms with Crippen molar-refractivity contribution in [1.82, 2.24) is 4.57 Å². The second kappa shape index (κ2) is 8.61. The minimum atomic E-state index is -4.12. The van der Waals surface area contributed by atoms with Gasteiger partial charge in [-0.3, -0.25) is 9.59 Å². The molecule has 0 radical (unpaired) electrons. The van der Waals surface area contributed by atoms with Crippen LogP contribution in [0.1, 0.15) is 5.56 Å². The van der Waals surface area contributed by atoms with Gasteiger partial charge in [-0.1, -0.05) is 41.4 Å². The molecule has 8 heteroatoms. The highest BCUT2D eigenvalue weighted by molar-refractivity contribution is 7.91. The van der Waals surface area contributed by atoms with E-state index < -0.39 is 20.2 Å². The van der Waals surface area contributed by atoms with Gasteiger partial charge in [0.05, 0.1) is 10.4 Å². The third-order valence-electron chi connectivity index (χ3n) is 5.02. The number of amides is 1. The Labute approximate surface area is 190 Å². The molecule has 0 spiro atoms. The predicted octanol–water partition coefficient (Wildman–Crippen LogP) is 4.43. The molecule has 0 saturated carbocycles. The summed E-state index contributed by atoms with van der Waals surface area (Å²) in [6.07, 6.45) is 1.23. The molecule has 4 rings (SSSR count). The Bertz CT molecular complexity index is 1480. The number of rotatable bonds is 5. The lowest BCUT2D eigenvalue weighted by Crippen LogP contribution is -2.23. The second-order valence-electron chi connectivity index (χ2n) is 7.34. The number of sulfone groups is 1. The lowest BCUT2D eigenvalue weighted by molar-refractivity contribution is -0.116. The quantitative estimate of drug-likeness (QED) is 0.471. The number of halogens is 1. The monoisotopic (exact) mass is 466 g/mol. The maximum absolute atomic E-state index is 13.2. The Balaban J connectivity index is 1.78. The van der Waals surface area contributed by atoms with Gasteiger partial charge < -0.3 is 9.88 Å². The van der Waals surface area contributed by atoms with E-state index in [1.807, 2.05) is 19.1 Å². The Kier molecular flexibility index (Phi) is 5.86. The third-order valence-corrected chi connectivity index (χ3v) is 7.03. The highest BCUT2D eigenvalue weighted by Gasteiger charge is 2.24. The largest absolute Gasteiger partial charge is 0.336 e. The zero-order valence-corrected chi connectivity index (χ0v) is 18.7. The normalized spacial score (nSPS) is 11.4. The number of nitrogens with one attached hydrogen (secondary N) is 1. The fourth-order valence-electron chi connectivity index (χ4n) is 3.37. The van der Waals surface area contributed by atoms with Gasteiger partial charge in [-0.05, 0) is 55.5 Å². The van der Waals surface area contributed by atoms with Gasteiger partial charge in [0, 0.05) is 22.3 Å². The van der Waals surface area contributed by atoms with Crippen molar-refractivity contribution in [3.63, 3.8) is 0 Å². The summed E-state index contributed by atoms with van der Waals surface area (Å²) in [5.41, 5.74) is 1.53. The van der Waals surface area contributed by atoms with Crippen LogP contribution in [0.3, 0.4) is 0 Å². The van der Waals surface area contributed by atoms with E-state index >= 15 is 0 Å². The molecule has 1 aromatic heterocycles. The highest BCUT2D eigenvalue weighted by atomic mass is 35.5. The molecule has 1 heterocycles. The minimum Gasteiger partial charge on any atom is -0.336 e. The number of aromatic nitrogens is 1. The van der Waals surface area contributed by atoms with Crippen LogP contribution in [0.2, 0.25) is 5.02 Å². The zero-order chi connectivity index (χ0) is 22.9. The third kappa shape index (κ3) is 4.30. The Morgan fingerprint density at radius 2 is 1.62 bits per heavy atom. The van der Waals surface area contributed by atoms with E-state index in [4.69, 9.17) is 11.6 Å². The lowest BCUT2D eigenvalue weighted by Gasteiger charge is -2.14. The zero-order valence-electron chi connectivity index (χ0n) is 17.1. The molecule has 0 atom stereocenters. The first-order valence-electron chi connectivity index (χ1n) is 9.75. The van der Waals surface area contributed by atoms with Crippen LogP contribution in [0.4, 0.5) is 5.69 Å². The van der Waals surface area contributed by atoms with Crippen LogP contribution in [0.25, 0.3) is 10.9 Å². The summed E-state index contributed by atoms with van der Waals surface area (Å²) in [6.45, 7) is 1.78. The molecule has 1 amide bonds. The number of carbonyl (C=O) groups excluding carboxylic acids is 1. The van der Waals surface area contributed by atoms with Gasteiger partial charge in [-0.15, -0.1) is 0 Å². The molecule has 4 aromatic rings. The number of hydrogen-bond donors (Lipinski definition) is 1. The number of nitrogens with zero attached hydrogens (tertiary/aromatic N) is 1. The SMILES string of the molecule is Cc1ccc(NC(=O)Cn2cc(S(=O)(=O)c3ccc(Cl)cc3)c(=O)c3ccccc32)cc1. The predicted molar refractivity (Wildman–Crippen MR) is 125 cm³/mol. The van der Waals surface area contributed by atoms with Crippen LogP contribution >= 0.6 is 11.6 Å². The molecule has 32 heavy (non-hydrogen) atoms. The molecule has 0 bridgehead atoms. The summed E-state index contributed by atoms with van der Waals surface area (Å²) >= 11 is 5.87. The average Bonchev–Trinajstić information content (AvgIpc) is 2.77. The summed E-state index contributed by atoms with van der Waals surface area (Å²) in [5.74, 6) is -0.350. The number of pyridine rings is 1. The number of para-hydroxylation sites is 1. The van der Waals surface area contributed by atoms with Gasteiger partial charge in [0.25, 0.3) is 0 Å². The smallest absolute Gasteiger partial charge is 0.244 e. The van der Waals surface area contributed by atoms with Crippen LogP contribution in [0.15, 0.2) is 93.6 Å². The number of fused-ring (bicyclic) bond motifs is 1. The summed E-state index contributed by atoms with van der Waals surface area (Å²) in [6, 6.07) is 19.5. The summed E-state index contributed by atoms with van der Waals surface area (Å²) in [7, 11) is -4.12. The molecule has 0 aliphatic carbocycles. The minimum absolute atomic E-state index is 0.0510. The maximum atomic E-state index is 13.2. The van der Waals surface area contributed by atoms with Crippen molar-refractivity contribution in [1.29, 1.82) is 0 Å². The van der Waals surface area contributed by atoms with Crippen LogP contribution < -0.4 is 10.7 Å². The van der Waals surface area contributed by atoms with Gasteiger partial charge in [0.2, 0.25) is 21.2 Å². The molecule has 0 fully saturated rings. The Hall–Kier alpha value is -3.42. The van der Waals surface area contributed by atoms with Crippen molar-refractivity contribution in [2.45, 2.75) is 23.3 Å². The molecule has 0 unspecified atom stereocenters. The van der Waals surface area contributed by atoms with Crippen molar-refractivity contribution >= 4 is 43.9 Å². The molecule has 1 N–H and O–H groups in total.